The maximum absolute atomic E-state index is 9.89. The van der Waals surface area contributed by atoms with Gasteiger partial charge in [0.05, 0.1) is 22.9 Å². The number of ether oxygens (including phenoxy) is 1. The number of hydrogen-bond acceptors (Lipinski definition) is 4. The maximum Gasteiger partial charge on any atom is 0.171 e. The van der Waals surface area contributed by atoms with E-state index in [0.717, 1.165) is 19.7 Å². The average Bonchev–Trinajstić information content (AvgIpc) is 2.50. The van der Waals surface area contributed by atoms with Gasteiger partial charge in [0.25, 0.3) is 0 Å². The largest absolute Gasteiger partial charge is 0.504 e. The number of nitrogens with one attached hydrogen (secondary N) is 1. The van der Waals surface area contributed by atoms with Crippen LogP contribution in [0.3, 0.4) is 0 Å². The molecule has 0 aromatic heterocycles. The Balaban J connectivity index is 1.99. The summed E-state index contributed by atoms with van der Waals surface area (Å²) >= 11 is 7.90. The van der Waals surface area contributed by atoms with Gasteiger partial charge in [0.15, 0.2) is 11.5 Å². The third kappa shape index (κ3) is 4.78. The van der Waals surface area contributed by atoms with E-state index in [-0.39, 0.29) is 5.75 Å². The molecule has 22 heavy (non-hydrogen) atoms. The van der Waals surface area contributed by atoms with Crippen molar-refractivity contribution >= 4 is 40.4 Å². The smallest absolute Gasteiger partial charge is 0.171 e. The van der Waals surface area contributed by atoms with Crippen LogP contribution in [0.1, 0.15) is 18.1 Å². The number of hydrazone groups is 1. The molecule has 0 aliphatic carbocycles. The fraction of sp³-hybridized carbons (Fsp3) is 0.188. The molecule has 2 N–H and O–H groups in total. The van der Waals surface area contributed by atoms with Crippen molar-refractivity contribution < 1.29 is 9.84 Å². The molecule has 0 saturated heterocycles. The Bertz CT molecular complexity index is 660. The van der Waals surface area contributed by atoms with Crippen molar-refractivity contribution in [3.8, 4) is 11.5 Å². The van der Waals surface area contributed by atoms with Crippen molar-refractivity contribution in [3.05, 3.63) is 56.1 Å². The predicted octanol–water partition coefficient (Wildman–Crippen LogP) is 4.17. The van der Waals surface area contributed by atoms with Gasteiger partial charge in [-0.15, -0.1) is 0 Å². The Morgan fingerprint density at radius 2 is 2.05 bits per heavy atom. The van der Waals surface area contributed by atoms with Gasteiger partial charge < -0.3 is 15.3 Å². The van der Waals surface area contributed by atoms with E-state index in [1.807, 2.05) is 37.3 Å². The Labute approximate surface area is 148 Å². The fourth-order valence-corrected chi connectivity index (χ4v) is 2.54. The molecule has 0 aliphatic heterocycles. The SMILES string of the molecule is CCOc1cc(/C=N\NCc2ccc(Cl)cc2)cc(I)c1O. The van der Waals surface area contributed by atoms with Gasteiger partial charge in [0, 0.05) is 5.02 Å². The summed E-state index contributed by atoms with van der Waals surface area (Å²) in [6, 6.07) is 11.2. The van der Waals surface area contributed by atoms with Gasteiger partial charge in [-0.05, 0) is 64.9 Å². The lowest BCUT2D eigenvalue weighted by atomic mass is 10.2. The lowest BCUT2D eigenvalue weighted by molar-refractivity contribution is 0.317. The number of aromatic hydroxyl groups is 1. The van der Waals surface area contributed by atoms with Crippen LogP contribution in [-0.2, 0) is 6.54 Å². The van der Waals surface area contributed by atoms with Crippen molar-refractivity contribution in [2.45, 2.75) is 13.5 Å². The number of nitrogens with zero attached hydrogens (tertiary/aromatic N) is 1. The summed E-state index contributed by atoms with van der Waals surface area (Å²) in [5.41, 5.74) is 4.93. The predicted molar refractivity (Wildman–Crippen MR) is 97.9 cm³/mol. The summed E-state index contributed by atoms with van der Waals surface area (Å²) in [5.74, 6) is 0.627. The van der Waals surface area contributed by atoms with Gasteiger partial charge in [-0.2, -0.15) is 5.10 Å². The summed E-state index contributed by atoms with van der Waals surface area (Å²) in [5, 5.41) is 14.8. The van der Waals surface area contributed by atoms with Gasteiger partial charge in [-0.1, -0.05) is 23.7 Å². The molecule has 0 heterocycles. The minimum atomic E-state index is 0.161. The third-order valence-corrected chi connectivity index (χ3v) is 3.93. The second kappa shape index (κ2) is 8.24. The number of benzene rings is 2. The Morgan fingerprint density at radius 3 is 2.73 bits per heavy atom. The molecule has 2 aromatic rings. The normalized spacial score (nSPS) is 10.9. The topological polar surface area (TPSA) is 53.8 Å². The zero-order valence-electron chi connectivity index (χ0n) is 12.0. The highest BCUT2D eigenvalue weighted by atomic mass is 127. The second-order valence-electron chi connectivity index (χ2n) is 4.50. The molecular weight excluding hydrogens is 415 g/mol. The zero-order valence-corrected chi connectivity index (χ0v) is 14.9. The molecule has 0 atom stereocenters. The van der Waals surface area contributed by atoms with E-state index in [1.54, 1.807) is 12.3 Å². The highest BCUT2D eigenvalue weighted by Gasteiger charge is 2.08. The van der Waals surface area contributed by atoms with Crippen LogP contribution in [0.5, 0.6) is 11.5 Å². The molecule has 2 rings (SSSR count). The monoisotopic (exact) mass is 430 g/mol. The molecule has 0 fully saturated rings. The van der Waals surface area contributed by atoms with Crippen LogP contribution < -0.4 is 10.2 Å². The molecule has 0 spiro atoms. The number of phenols is 1. The summed E-state index contributed by atoms with van der Waals surface area (Å²) in [6.45, 7) is 2.99. The molecule has 0 unspecified atom stereocenters. The van der Waals surface area contributed by atoms with Gasteiger partial charge >= 0.3 is 0 Å². The van der Waals surface area contributed by atoms with Gasteiger partial charge in [0.1, 0.15) is 0 Å². The number of hydrogen-bond donors (Lipinski definition) is 2. The van der Waals surface area contributed by atoms with E-state index >= 15 is 0 Å². The van der Waals surface area contributed by atoms with Crippen molar-refractivity contribution in [3.63, 3.8) is 0 Å². The first-order valence-electron chi connectivity index (χ1n) is 6.76. The van der Waals surface area contributed by atoms with Crippen LogP contribution in [-0.4, -0.2) is 17.9 Å². The van der Waals surface area contributed by atoms with Gasteiger partial charge in [-0.25, -0.2) is 0 Å². The van der Waals surface area contributed by atoms with Crippen LogP contribution in [0.25, 0.3) is 0 Å². The minimum Gasteiger partial charge on any atom is -0.504 e. The molecule has 2 aromatic carbocycles. The van der Waals surface area contributed by atoms with E-state index in [4.69, 9.17) is 16.3 Å². The molecule has 0 aliphatic rings. The number of halogens is 2. The van der Waals surface area contributed by atoms with Gasteiger partial charge in [0.2, 0.25) is 0 Å². The first-order valence-corrected chi connectivity index (χ1v) is 8.21. The van der Waals surface area contributed by atoms with Crippen LogP contribution in [0.15, 0.2) is 41.5 Å². The Kier molecular flexibility index (Phi) is 6.33. The van der Waals surface area contributed by atoms with E-state index in [1.165, 1.54) is 0 Å². The first-order chi connectivity index (χ1) is 10.6. The second-order valence-corrected chi connectivity index (χ2v) is 6.10. The lowest BCUT2D eigenvalue weighted by Gasteiger charge is -2.08. The van der Waals surface area contributed by atoms with Gasteiger partial charge in [-0.3, -0.25) is 0 Å². The van der Waals surface area contributed by atoms with E-state index in [2.05, 4.69) is 33.1 Å². The summed E-state index contributed by atoms with van der Waals surface area (Å²) < 4.78 is 6.12. The van der Waals surface area contributed by atoms with Crippen molar-refractivity contribution in [1.29, 1.82) is 0 Å². The van der Waals surface area contributed by atoms with Crippen LogP contribution in [0.4, 0.5) is 0 Å². The van der Waals surface area contributed by atoms with Crippen LogP contribution in [0, 0.1) is 3.57 Å². The molecular formula is C16H16ClIN2O2. The van der Waals surface area contributed by atoms with Crippen molar-refractivity contribution in [2.24, 2.45) is 5.10 Å². The molecule has 0 saturated carbocycles. The highest BCUT2D eigenvalue weighted by molar-refractivity contribution is 14.1. The number of phenolic OH excluding ortho intramolecular Hbond substituents is 1. The zero-order chi connectivity index (χ0) is 15.9. The van der Waals surface area contributed by atoms with E-state index < -0.39 is 0 Å². The summed E-state index contributed by atoms with van der Waals surface area (Å²) in [4.78, 5) is 0. The fourth-order valence-electron chi connectivity index (χ4n) is 1.79. The van der Waals surface area contributed by atoms with E-state index in [9.17, 15) is 5.11 Å². The van der Waals surface area contributed by atoms with Crippen LogP contribution >= 0.6 is 34.2 Å². The molecule has 6 heteroatoms. The standard InChI is InChI=1S/C16H16ClIN2O2/c1-2-22-15-8-12(7-14(18)16(15)21)10-20-19-9-11-3-5-13(17)6-4-11/h3-8,10,19,21H,2,9H2,1H3/b20-10-. The minimum absolute atomic E-state index is 0.161. The maximum atomic E-state index is 9.89. The third-order valence-electron chi connectivity index (χ3n) is 2.85. The molecule has 4 nitrogen and oxygen atoms in total. The summed E-state index contributed by atoms with van der Waals surface area (Å²) in [6.07, 6.45) is 1.69. The molecule has 116 valence electrons. The lowest BCUT2D eigenvalue weighted by Crippen LogP contribution is -2.05. The summed E-state index contributed by atoms with van der Waals surface area (Å²) in [7, 11) is 0. The molecule has 0 bridgehead atoms. The van der Waals surface area contributed by atoms with Crippen molar-refractivity contribution in [2.75, 3.05) is 6.61 Å². The Morgan fingerprint density at radius 1 is 1.32 bits per heavy atom. The highest BCUT2D eigenvalue weighted by Crippen LogP contribution is 2.32. The van der Waals surface area contributed by atoms with Crippen molar-refractivity contribution in [1.82, 2.24) is 5.43 Å². The Hall–Kier alpha value is -1.47. The number of rotatable bonds is 6. The molecule has 0 amide bonds. The molecule has 0 radical (unpaired) electrons. The average molecular weight is 431 g/mol. The quantitative estimate of drug-likeness (QED) is 0.411. The van der Waals surface area contributed by atoms with E-state index in [0.29, 0.717) is 18.9 Å². The first kappa shape index (κ1) is 16.9. The van der Waals surface area contributed by atoms with Crippen LogP contribution in [0.2, 0.25) is 5.02 Å².